The van der Waals surface area contributed by atoms with E-state index in [9.17, 15) is 14.4 Å². The number of aryl methyl sites for hydroxylation is 1. The maximum absolute atomic E-state index is 12.1. The summed E-state index contributed by atoms with van der Waals surface area (Å²) in [5.41, 5.74) is -0.157. The highest BCUT2D eigenvalue weighted by molar-refractivity contribution is 9.09. The Labute approximate surface area is 136 Å². The monoisotopic (exact) mass is 375 g/mol. The molecule has 0 aliphatic carbocycles. The topological polar surface area (TPSA) is 94.8 Å². The molecule has 0 aromatic carbocycles. The number of halogens is 1. The van der Waals surface area contributed by atoms with Crippen LogP contribution >= 0.6 is 15.9 Å². The molecule has 0 spiro atoms. The molecule has 1 heterocycles. The molecule has 1 rings (SSSR count). The highest BCUT2D eigenvalue weighted by Crippen LogP contribution is 2.29. The van der Waals surface area contributed by atoms with Crippen molar-refractivity contribution in [2.75, 3.05) is 23.9 Å². The van der Waals surface area contributed by atoms with E-state index in [0.29, 0.717) is 5.33 Å². The van der Waals surface area contributed by atoms with Gasteiger partial charge in [-0.3, -0.25) is 10.1 Å². The van der Waals surface area contributed by atoms with E-state index < -0.39 is 11.9 Å². The van der Waals surface area contributed by atoms with Gasteiger partial charge in [-0.2, -0.15) is 0 Å². The van der Waals surface area contributed by atoms with Crippen molar-refractivity contribution in [2.24, 2.45) is 0 Å². The Bertz CT molecular complexity index is 566. The molecule has 0 bridgehead atoms. The van der Waals surface area contributed by atoms with Crippen LogP contribution in [0.4, 0.5) is 5.88 Å². The minimum absolute atomic E-state index is 0.0329. The number of ether oxygens (including phenoxy) is 2. The first-order chi connectivity index (χ1) is 10.5. The number of esters is 2. The minimum Gasteiger partial charge on any atom is -0.462 e. The molecule has 8 heteroatoms. The standard InChI is InChI=1S/C14H18BrNO6/c1-4-20-13(18)10-8(3)22-12(16-9(17)6-7-15)11(10)14(19)21-5-2/h4-7H2,1-3H3,(H,16,17). The van der Waals surface area contributed by atoms with E-state index >= 15 is 0 Å². The second kappa shape index (κ2) is 8.57. The van der Waals surface area contributed by atoms with Crippen molar-refractivity contribution < 1.29 is 28.3 Å². The minimum atomic E-state index is -0.753. The molecule has 0 aliphatic rings. The Morgan fingerprint density at radius 1 is 1.09 bits per heavy atom. The Kier molecular flexibility index (Phi) is 7.10. The summed E-state index contributed by atoms with van der Waals surface area (Å²) in [6.07, 6.45) is 0.191. The highest BCUT2D eigenvalue weighted by Gasteiger charge is 2.31. The third-order valence-electron chi connectivity index (χ3n) is 2.62. The normalized spacial score (nSPS) is 10.2. The van der Waals surface area contributed by atoms with Crippen molar-refractivity contribution in [2.45, 2.75) is 27.2 Å². The van der Waals surface area contributed by atoms with Gasteiger partial charge in [-0.1, -0.05) is 15.9 Å². The fraction of sp³-hybridized carbons (Fsp3) is 0.500. The van der Waals surface area contributed by atoms with Gasteiger partial charge in [0.1, 0.15) is 16.9 Å². The molecular formula is C14H18BrNO6. The number of rotatable bonds is 7. The summed E-state index contributed by atoms with van der Waals surface area (Å²) in [4.78, 5) is 35.8. The Hall–Kier alpha value is -1.83. The van der Waals surface area contributed by atoms with Crippen LogP contribution in [0.5, 0.6) is 0 Å². The number of carbonyl (C=O) groups excluding carboxylic acids is 3. The maximum Gasteiger partial charge on any atom is 0.344 e. The highest BCUT2D eigenvalue weighted by atomic mass is 79.9. The van der Waals surface area contributed by atoms with Crippen LogP contribution in [-0.4, -0.2) is 36.4 Å². The van der Waals surface area contributed by atoms with Gasteiger partial charge in [-0.25, -0.2) is 9.59 Å². The number of amides is 1. The zero-order chi connectivity index (χ0) is 16.7. The maximum atomic E-state index is 12.1. The molecule has 0 saturated heterocycles. The lowest BCUT2D eigenvalue weighted by atomic mass is 10.1. The molecule has 0 fully saturated rings. The van der Waals surface area contributed by atoms with Crippen LogP contribution in [0.25, 0.3) is 0 Å². The van der Waals surface area contributed by atoms with Crippen LogP contribution in [0.1, 0.15) is 46.7 Å². The van der Waals surface area contributed by atoms with E-state index in [2.05, 4.69) is 21.2 Å². The number of furan rings is 1. The molecule has 0 saturated carbocycles. The molecule has 0 radical (unpaired) electrons. The number of anilines is 1. The summed E-state index contributed by atoms with van der Waals surface area (Å²) < 4.78 is 15.2. The molecule has 1 N–H and O–H groups in total. The van der Waals surface area contributed by atoms with E-state index in [4.69, 9.17) is 13.9 Å². The van der Waals surface area contributed by atoms with Crippen LogP contribution in [0.2, 0.25) is 0 Å². The summed E-state index contributed by atoms with van der Waals surface area (Å²) in [7, 11) is 0. The first-order valence-corrected chi connectivity index (χ1v) is 7.91. The quantitative estimate of drug-likeness (QED) is 0.581. The number of carbonyl (C=O) groups is 3. The second-order valence-electron chi connectivity index (χ2n) is 4.17. The summed E-state index contributed by atoms with van der Waals surface area (Å²) in [6, 6.07) is 0. The van der Waals surface area contributed by atoms with Crippen LogP contribution in [-0.2, 0) is 14.3 Å². The largest absolute Gasteiger partial charge is 0.462 e. The van der Waals surface area contributed by atoms with E-state index in [0.717, 1.165) is 0 Å². The summed E-state index contributed by atoms with van der Waals surface area (Å²) in [6.45, 7) is 5.07. The Morgan fingerprint density at radius 3 is 2.14 bits per heavy atom. The fourth-order valence-electron chi connectivity index (χ4n) is 1.75. The lowest BCUT2D eigenvalue weighted by Crippen LogP contribution is -2.17. The average molecular weight is 376 g/mol. The fourth-order valence-corrected chi connectivity index (χ4v) is 2.11. The molecule has 1 amide bonds. The van der Waals surface area contributed by atoms with E-state index in [1.165, 1.54) is 6.92 Å². The molecule has 22 heavy (non-hydrogen) atoms. The second-order valence-corrected chi connectivity index (χ2v) is 4.96. The van der Waals surface area contributed by atoms with Crippen molar-refractivity contribution >= 4 is 39.7 Å². The van der Waals surface area contributed by atoms with Gasteiger partial charge in [0.2, 0.25) is 11.8 Å². The lowest BCUT2D eigenvalue weighted by molar-refractivity contribution is -0.115. The molecule has 0 unspecified atom stereocenters. The number of hydrogen-bond acceptors (Lipinski definition) is 6. The first kappa shape index (κ1) is 18.2. The third-order valence-corrected chi connectivity index (χ3v) is 3.01. The zero-order valence-electron chi connectivity index (χ0n) is 12.7. The molecule has 0 aliphatic heterocycles. The molecule has 1 aromatic rings. The van der Waals surface area contributed by atoms with E-state index in [-0.39, 0.29) is 48.3 Å². The van der Waals surface area contributed by atoms with Crippen molar-refractivity contribution in [1.29, 1.82) is 0 Å². The smallest absolute Gasteiger partial charge is 0.344 e. The van der Waals surface area contributed by atoms with Crippen molar-refractivity contribution in [3.63, 3.8) is 0 Å². The summed E-state index contributed by atoms with van der Waals surface area (Å²) in [5.74, 6) is -1.74. The van der Waals surface area contributed by atoms with Crippen molar-refractivity contribution in [3.05, 3.63) is 16.9 Å². The van der Waals surface area contributed by atoms with Gasteiger partial charge < -0.3 is 13.9 Å². The Balaban J connectivity index is 3.26. The predicted octanol–water partition coefficient (Wildman–Crippen LogP) is 2.66. The molecule has 1 aromatic heterocycles. The lowest BCUT2D eigenvalue weighted by Gasteiger charge is -2.06. The van der Waals surface area contributed by atoms with Crippen molar-refractivity contribution in [1.82, 2.24) is 0 Å². The summed E-state index contributed by atoms with van der Waals surface area (Å²) in [5, 5.41) is 2.92. The van der Waals surface area contributed by atoms with Crippen LogP contribution in [0.3, 0.4) is 0 Å². The average Bonchev–Trinajstić information content (AvgIpc) is 2.75. The van der Waals surface area contributed by atoms with Gasteiger partial charge in [0.05, 0.1) is 13.2 Å². The van der Waals surface area contributed by atoms with Crippen LogP contribution in [0.15, 0.2) is 4.42 Å². The van der Waals surface area contributed by atoms with Crippen LogP contribution < -0.4 is 5.32 Å². The van der Waals surface area contributed by atoms with E-state index in [1.807, 2.05) is 0 Å². The Morgan fingerprint density at radius 2 is 1.64 bits per heavy atom. The van der Waals surface area contributed by atoms with E-state index in [1.54, 1.807) is 13.8 Å². The van der Waals surface area contributed by atoms with Crippen molar-refractivity contribution in [3.8, 4) is 0 Å². The number of nitrogens with one attached hydrogen (secondary N) is 1. The number of hydrogen-bond donors (Lipinski definition) is 1. The van der Waals surface area contributed by atoms with Gasteiger partial charge >= 0.3 is 11.9 Å². The SMILES string of the molecule is CCOC(=O)c1c(C)oc(NC(=O)CCBr)c1C(=O)OCC. The molecule has 122 valence electrons. The zero-order valence-corrected chi connectivity index (χ0v) is 14.2. The molecular weight excluding hydrogens is 358 g/mol. The molecule has 0 atom stereocenters. The molecule has 7 nitrogen and oxygen atoms in total. The first-order valence-electron chi connectivity index (χ1n) is 6.79. The van der Waals surface area contributed by atoms with Crippen LogP contribution in [0, 0.1) is 6.92 Å². The predicted molar refractivity (Wildman–Crippen MR) is 82.4 cm³/mol. The third kappa shape index (κ3) is 4.33. The summed E-state index contributed by atoms with van der Waals surface area (Å²) >= 11 is 3.14. The van der Waals surface area contributed by atoms with Gasteiger partial charge in [0.25, 0.3) is 0 Å². The van der Waals surface area contributed by atoms with Gasteiger partial charge in [-0.15, -0.1) is 0 Å². The number of alkyl halides is 1. The van der Waals surface area contributed by atoms with Gasteiger partial charge in [0.15, 0.2) is 0 Å². The van der Waals surface area contributed by atoms with Gasteiger partial charge in [0, 0.05) is 11.8 Å². The van der Waals surface area contributed by atoms with Gasteiger partial charge in [-0.05, 0) is 20.8 Å².